The van der Waals surface area contributed by atoms with Crippen molar-refractivity contribution in [2.75, 3.05) is 12.3 Å². The van der Waals surface area contributed by atoms with Gasteiger partial charge in [-0.05, 0) is 12.5 Å². The van der Waals surface area contributed by atoms with E-state index in [4.69, 9.17) is 17.3 Å². The van der Waals surface area contributed by atoms with Crippen LogP contribution >= 0.6 is 11.6 Å². The van der Waals surface area contributed by atoms with Gasteiger partial charge in [-0.15, -0.1) is 0 Å². The first-order valence-electron chi connectivity index (χ1n) is 5.58. The van der Waals surface area contributed by atoms with Crippen molar-refractivity contribution in [3.05, 3.63) is 17.3 Å². The van der Waals surface area contributed by atoms with Crippen LogP contribution in [0, 0.1) is 0 Å². The summed E-state index contributed by atoms with van der Waals surface area (Å²) in [6, 6.07) is 0.909. The van der Waals surface area contributed by atoms with E-state index in [1.165, 1.54) is 6.07 Å². The minimum atomic E-state index is -3.72. The molecule has 1 aliphatic rings. The number of hydrogen-bond acceptors (Lipinski definition) is 5. The fourth-order valence-electron chi connectivity index (χ4n) is 1.70. The molecule has 1 amide bonds. The van der Waals surface area contributed by atoms with E-state index in [0.717, 1.165) is 6.20 Å². The topological polar surface area (TPSA) is 114 Å². The third kappa shape index (κ3) is 3.34. The number of nitrogens with two attached hydrogens (primary N) is 1. The number of pyridine rings is 1. The summed E-state index contributed by atoms with van der Waals surface area (Å²) in [5, 5.41) is 2.68. The summed E-state index contributed by atoms with van der Waals surface area (Å²) >= 11 is 5.75. The number of anilines is 1. The molecule has 1 atom stereocenters. The van der Waals surface area contributed by atoms with Crippen molar-refractivity contribution in [3.63, 3.8) is 0 Å². The molecule has 1 aliphatic heterocycles. The number of carbonyl (C=O) groups excluding carboxylic acids is 1. The van der Waals surface area contributed by atoms with Crippen LogP contribution in [0.2, 0.25) is 5.02 Å². The Morgan fingerprint density at radius 3 is 2.84 bits per heavy atom. The molecule has 2 rings (SSSR count). The van der Waals surface area contributed by atoms with E-state index in [1.54, 1.807) is 0 Å². The van der Waals surface area contributed by atoms with Crippen molar-refractivity contribution in [2.24, 2.45) is 0 Å². The average Bonchev–Trinajstić information content (AvgIpc) is 2.35. The fraction of sp³-hybridized carbons (Fsp3) is 0.400. The molecule has 1 unspecified atom stereocenters. The van der Waals surface area contributed by atoms with Crippen molar-refractivity contribution in [1.29, 1.82) is 0 Å². The van der Waals surface area contributed by atoms with Crippen LogP contribution < -0.4 is 15.8 Å². The molecule has 9 heteroatoms. The molecular weight excluding hydrogens is 292 g/mol. The molecule has 0 aromatic carbocycles. The van der Waals surface area contributed by atoms with Gasteiger partial charge in [-0.2, -0.15) is 0 Å². The van der Waals surface area contributed by atoms with Gasteiger partial charge in [-0.25, -0.2) is 18.1 Å². The standard InChI is InChI=1S/C10H13ClN4O3S/c11-8-3-7(5-14-10(8)12)19(17,18)15-6-1-2-9(16)13-4-6/h3,5-6,15H,1-2,4H2,(H2,12,14)(H,13,16). The lowest BCUT2D eigenvalue weighted by atomic mass is 10.1. The van der Waals surface area contributed by atoms with Crippen molar-refractivity contribution in [3.8, 4) is 0 Å². The Balaban J connectivity index is 2.13. The first-order valence-corrected chi connectivity index (χ1v) is 7.44. The zero-order chi connectivity index (χ0) is 14.0. The zero-order valence-corrected chi connectivity index (χ0v) is 11.5. The smallest absolute Gasteiger partial charge is 0.242 e. The molecule has 2 heterocycles. The number of carbonyl (C=O) groups is 1. The van der Waals surface area contributed by atoms with Gasteiger partial charge in [0.2, 0.25) is 15.9 Å². The maximum Gasteiger partial charge on any atom is 0.242 e. The molecule has 1 aromatic heterocycles. The fourth-order valence-corrected chi connectivity index (χ4v) is 3.17. The number of aromatic nitrogens is 1. The number of sulfonamides is 1. The highest BCUT2D eigenvalue weighted by Gasteiger charge is 2.24. The Hall–Kier alpha value is -1.38. The van der Waals surface area contributed by atoms with Crippen LogP contribution in [0.15, 0.2) is 17.2 Å². The van der Waals surface area contributed by atoms with Crippen LogP contribution in [0.5, 0.6) is 0 Å². The van der Waals surface area contributed by atoms with Gasteiger partial charge in [-0.1, -0.05) is 11.6 Å². The number of rotatable bonds is 3. The predicted octanol–water partition coefficient (Wildman–Crippen LogP) is -0.126. The molecule has 104 valence electrons. The van der Waals surface area contributed by atoms with Gasteiger partial charge < -0.3 is 11.1 Å². The molecular formula is C10H13ClN4O3S. The van der Waals surface area contributed by atoms with Gasteiger partial charge in [0.25, 0.3) is 0 Å². The lowest BCUT2D eigenvalue weighted by Gasteiger charge is -2.23. The summed E-state index contributed by atoms with van der Waals surface area (Å²) in [6.07, 6.45) is 1.90. The Kier molecular flexibility index (Phi) is 3.93. The molecule has 1 fully saturated rings. The molecule has 0 bridgehead atoms. The van der Waals surface area contributed by atoms with Crippen molar-refractivity contribution >= 4 is 33.3 Å². The number of nitrogen functional groups attached to an aromatic ring is 1. The largest absolute Gasteiger partial charge is 0.382 e. The van der Waals surface area contributed by atoms with Crippen LogP contribution in [0.4, 0.5) is 5.82 Å². The first kappa shape index (κ1) is 14.0. The van der Waals surface area contributed by atoms with Gasteiger partial charge in [0.1, 0.15) is 10.7 Å². The van der Waals surface area contributed by atoms with Gasteiger partial charge in [0.05, 0.1) is 5.02 Å². The normalized spacial score (nSPS) is 20.1. The minimum Gasteiger partial charge on any atom is -0.382 e. The summed E-state index contributed by atoms with van der Waals surface area (Å²) in [6.45, 7) is 0.272. The highest BCUT2D eigenvalue weighted by molar-refractivity contribution is 7.89. The number of halogens is 1. The molecule has 19 heavy (non-hydrogen) atoms. The third-order valence-corrected chi connectivity index (χ3v) is 4.53. The molecule has 4 N–H and O–H groups in total. The molecule has 1 aromatic rings. The van der Waals surface area contributed by atoms with Gasteiger partial charge in [0.15, 0.2) is 0 Å². The van der Waals surface area contributed by atoms with Gasteiger partial charge in [0, 0.05) is 25.2 Å². The van der Waals surface area contributed by atoms with E-state index < -0.39 is 10.0 Å². The van der Waals surface area contributed by atoms with E-state index in [1.807, 2.05) is 0 Å². The van der Waals surface area contributed by atoms with Crippen molar-refractivity contribution in [2.45, 2.75) is 23.8 Å². The predicted molar refractivity (Wildman–Crippen MR) is 70.0 cm³/mol. The summed E-state index contributed by atoms with van der Waals surface area (Å²) in [4.78, 5) is 14.7. The maximum atomic E-state index is 12.1. The molecule has 0 radical (unpaired) electrons. The molecule has 1 saturated heterocycles. The number of amides is 1. The highest BCUT2D eigenvalue weighted by atomic mass is 35.5. The quantitative estimate of drug-likeness (QED) is 0.720. The Bertz CT molecular complexity index is 595. The molecule has 0 aliphatic carbocycles. The van der Waals surface area contributed by atoms with Crippen LogP contribution in [-0.2, 0) is 14.8 Å². The average molecular weight is 305 g/mol. The van der Waals surface area contributed by atoms with Gasteiger partial charge >= 0.3 is 0 Å². The van der Waals surface area contributed by atoms with Crippen LogP contribution in [0.3, 0.4) is 0 Å². The summed E-state index contributed by atoms with van der Waals surface area (Å²) in [7, 11) is -3.72. The highest BCUT2D eigenvalue weighted by Crippen LogP contribution is 2.20. The van der Waals surface area contributed by atoms with Crippen molar-refractivity contribution < 1.29 is 13.2 Å². The van der Waals surface area contributed by atoms with E-state index in [9.17, 15) is 13.2 Å². The lowest BCUT2D eigenvalue weighted by molar-refractivity contribution is -0.122. The van der Waals surface area contributed by atoms with Crippen LogP contribution in [0.25, 0.3) is 0 Å². The maximum absolute atomic E-state index is 12.1. The first-order chi connectivity index (χ1) is 8.88. The second-order valence-electron chi connectivity index (χ2n) is 4.20. The van der Waals surface area contributed by atoms with E-state index >= 15 is 0 Å². The van der Waals surface area contributed by atoms with E-state index in [0.29, 0.717) is 12.8 Å². The SMILES string of the molecule is Nc1ncc(S(=O)(=O)NC2CCC(=O)NC2)cc1Cl. The van der Waals surface area contributed by atoms with Crippen LogP contribution in [-0.4, -0.2) is 31.9 Å². The van der Waals surface area contributed by atoms with Crippen LogP contribution in [0.1, 0.15) is 12.8 Å². The Labute approximate surface area is 115 Å². The number of piperidine rings is 1. The monoisotopic (exact) mass is 304 g/mol. The summed E-state index contributed by atoms with van der Waals surface area (Å²) in [5.41, 5.74) is 5.43. The Morgan fingerprint density at radius 1 is 1.53 bits per heavy atom. The zero-order valence-electron chi connectivity index (χ0n) is 9.89. The van der Waals surface area contributed by atoms with E-state index in [-0.39, 0.29) is 34.2 Å². The number of hydrogen-bond donors (Lipinski definition) is 3. The second kappa shape index (κ2) is 5.32. The lowest BCUT2D eigenvalue weighted by Crippen LogP contribution is -2.47. The Morgan fingerprint density at radius 2 is 2.26 bits per heavy atom. The van der Waals surface area contributed by atoms with Crippen molar-refractivity contribution in [1.82, 2.24) is 15.0 Å². The van der Waals surface area contributed by atoms with Gasteiger partial charge in [-0.3, -0.25) is 4.79 Å². The third-order valence-electron chi connectivity index (χ3n) is 2.74. The summed E-state index contributed by atoms with van der Waals surface area (Å²) in [5.74, 6) is -0.00168. The second-order valence-corrected chi connectivity index (χ2v) is 6.32. The molecule has 7 nitrogen and oxygen atoms in total. The molecule has 0 spiro atoms. The summed E-state index contributed by atoms with van der Waals surface area (Å²) < 4.78 is 26.7. The van der Waals surface area contributed by atoms with E-state index in [2.05, 4.69) is 15.0 Å². The minimum absolute atomic E-state index is 0.0522. The number of nitrogens with zero attached hydrogens (tertiary/aromatic N) is 1. The number of nitrogens with one attached hydrogen (secondary N) is 2. The molecule has 0 saturated carbocycles.